The number of nitrogens with zero attached hydrogens (tertiary/aromatic N) is 2. The Labute approximate surface area is 287 Å². The van der Waals surface area contributed by atoms with E-state index < -0.39 is 29.4 Å². The van der Waals surface area contributed by atoms with Gasteiger partial charge in [-0.1, -0.05) is 54.6 Å². The van der Waals surface area contributed by atoms with E-state index in [-0.39, 0.29) is 19.0 Å². The van der Waals surface area contributed by atoms with E-state index in [1.54, 1.807) is 36.4 Å². The third kappa shape index (κ3) is 10.5. The normalized spacial score (nSPS) is 21.4. The second-order valence-electron chi connectivity index (χ2n) is 11.5. The van der Waals surface area contributed by atoms with Crippen molar-refractivity contribution in [3.8, 4) is 5.75 Å². The fraction of sp³-hybridized carbons (Fsp3) is 0.343. The Hall–Kier alpha value is -4.92. The number of carboxylic acid groups (broad SMARTS) is 3. The fourth-order valence-corrected chi connectivity index (χ4v) is 7.28. The van der Waals surface area contributed by atoms with Crippen LogP contribution >= 0.6 is 11.8 Å². The lowest BCUT2D eigenvalue weighted by atomic mass is 9.86. The van der Waals surface area contributed by atoms with Gasteiger partial charge in [-0.3, -0.25) is 19.4 Å². The maximum absolute atomic E-state index is 13.3. The van der Waals surface area contributed by atoms with E-state index in [4.69, 9.17) is 29.3 Å². The molecule has 2 bridgehead atoms. The molecule has 0 aliphatic carbocycles. The smallest absolute Gasteiger partial charge is 0.408 e. The van der Waals surface area contributed by atoms with Crippen molar-refractivity contribution in [1.29, 1.82) is 0 Å². The van der Waals surface area contributed by atoms with E-state index >= 15 is 0 Å². The Balaban J connectivity index is 0.000000841. The number of alkyl carbamates (subject to hydrolysis) is 1. The molecule has 260 valence electrons. The largest absolute Gasteiger partial charge is 0.483 e. The number of esters is 1. The molecule has 49 heavy (non-hydrogen) atoms. The van der Waals surface area contributed by atoms with Gasteiger partial charge in [0.1, 0.15) is 11.9 Å². The average Bonchev–Trinajstić information content (AvgIpc) is 3.57. The molecule has 0 aromatic heterocycles. The van der Waals surface area contributed by atoms with Crippen LogP contribution in [0.5, 0.6) is 5.75 Å². The zero-order valence-corrected chi connectivity index (χ0v) is 27.4. The van der Waals surface area contributed by atoms with Gasteiger partial charge in [-0.05, 0) is 72.8 Å². The summed E-state index contributed by atoms with van der Waals surface area (Å²) in [5.74, 6) is 0.167. The lowest BCUT2D eigenvalue weighted by molar-refractivity contribution is -0.139. The highest BCUT2D eigenvalue weighted by atomic mass is 32.2. The molecule has 14 heteroatoms. The minimum atomic E-state index is -0.847. The second kappa shape index (κ2) is 18.6. The molecule has 0 unspecified atom stereocenters. The highest BCUT2D eigenvalue weighted by molar-refractivity contribution is 8.00. The number of piperidine rings is 3. The van der Waals surface area contributed by atoms with Crippen LogP contribution < -0.4 is 10.1 Å². The van der Waals surface area contributed by atoms with Gasteiger partial charge in [0.05, 0.1) is 11.6 Å². The van der Waals surface area contributed by atoms with Gasteiger partial charge >= 0.3 is 18.0 Å². The summed E-state index contributed by atoms with van der Waals surface area (Å²) in [6, 6.07) is 23.3. The number of hydrogen-bond acceptors (Lipinski definition) is 10. The molecular weight excluding hydrogens is 654 g/mol. The summed E-state index contributed by atoms with van der Waals surface area (Å²) in [4.78, 5) is 58.9. The summed E-state index contributed by atoms with van der Waals surface area (Å²) in [5.41, 5.74) is 2.80. The summed E-state index contributed by atoms with van der Waals surface area (Å²) in [6.07, 6.45) is 1.51. The second-order valence-corrected chi connectivity index (χ2v) is 12.7. The van der Waals surface area contributed by atoms with Crippen LogP contribution in [0, 0.1) is 5.92 Å². The number of aliphatic carboxylic acids is 1. The van der Waals surface area contributed by atoms with Crippen molar-refractivity contribution in [2.45, 2.75) is 36.9 Å². The summed E-state index contributed by atoms with van der Waals surface area (Å²) < 4.78 is 11.6. The Morgan fingerprint density at radius 1 is 0.898 bits per heavy atom. The van der Waals surface area contributed by atoms with Gasteiger partial charge in [-0.2, -0.15) is 0 Å². The van der Waals surface area contributed by atoms with Crippen LogP contribution in [-0.4, -0.2) is 99.5 Å². The molecule has 0 saturated carbocycles. The molecule has 4 aliphatic rings. The maximum atomic E-state index is 13.3. The van der Waals surface area contributed by atoms with Gasteiger partial charge < -0.3 is 30.1 Å². The lowest BCUT2D eigenvalue weighted by Crippen LogP contribution is -2.52. The number of fused-ring (bicyclic) bond motifs is 3. The first-order valence-corrected chi connectivity index (χ1v) is 16.7. The van der Waals surface area contributed by atoms with Crippen molar-refractivity contribution in [1.82, 2.24) is 15.1 Å². The van der Waals surface area contributed by atoms with Crippen LogP contribution in [0.2, 0.25) is 0 Å². The number of amides is 1. The average molecular weight is 694 g/mol. The molecule has 3 aromatic rings. The minimum absolute atomic E-state index is 0.116. The number of thioether (sulfide) groups is 1. The third-order valence-electron chi connectivity index (χ3n) is 8.40. The molecule has 3 atom stereocenters. The Morgan fingerprint density at radius 3 is 2.22 bits per heavy atom. The van der Waals surface area contributed by atoms with Gasteiger partial charge in [0.2, 0.25) is 0 Å². The number of hydrogen-bond donors (Lipinski definition) is 4. The van der Waals surface area contributed by atoms with Crippen LogP contribution in [0.25, 0.3) is 0 Å². The zero-order valence-electron chi connectivity index (χ0n) is 26.6. The predicted molar refractivity (Wildman–Crippen MR) is 180 cm³/mol. The SMILES string of the molecule is O=C(N[C@@H](c1ccccc1)c1cccc(C(=O)Oc2cccc(CN3CCS[C@H]3C(=O)O)c2)c1)O[C@H]1CN2CCC1CC2.O=CO.O=CO. The van der Waals surface area contributed by atoms with Crippen LogP contribution in [0.15, 0.2) is 78.9 Å². The number of rotatable bonds is 9. The van der Waals surface area contributed by atoms with E-state index in [1.807, 2.05) is 47.4 Å². The first-order valence-electron chi connectivity index (χ1n) is 15.7. The molecule has 4 N–H and O–H groups in total. The first-order chi connectivity index (χ1) is 23.8. The summed E-state index contributed by atoms with van der Waals surface area (Å²) >= 11 is 1.41. The Kier molecular flexibility index (Phi) is 14.0. The van der Waals surface area contributed by atoms with Gasteiger partial charge in [0.15, 0.2) is 5.37 Å². The summed E-state index contributed by atoms with van der Waals surface area (Å²) in [5, 5.41) is 25.7. The number of nitrogens with one attached hydrogen (secondary N) is 1. The minimum Gasteiger partial charge on any atom is -0.483 e. The van der Waals surface area contributed by atoms with Crippen molar-refractivity contribution in [3.63, 3.8) is 0 Å². The molecule has 4 aliphatic heterocycles. The van der Waals surface area contributed by atoms with Crippen molar-refractivity contribution in [3.05, 3.63) is 101 Å². The van der Waals surface area contributed by atoms with Crippen LogP contribution in [0.3, 0.4) is 0 Å². The molecule has 4 fully saturated rings. The highest BCUT2D eigenvalue weighted by Gasteiger charge is 2.37. The van der Waals surface area contributed by atoms with Crippen molar-refractivity contribution in [2.24, 2.45) is 5.92 Å². The molecule has 13 nitrogen and oxygen atoms in total. The van der Waals surface area contributed by atoms with Gasteiger partial charge in [-0.25, -0.2) is 14.4 Å². The van der Waals surface area contributed by atoms with Crippen molar-refractivity contribution < 1.29 is 48.8 Å². The van der Waals surface area contributed by atoms with Crippen LogP contribution in [-0.2, 0) is 25.7 Å². The van der Waals surface area contributed by atoms with Gasteiger partial charge in [0, 0.05) is 25.4 Å². The number of carbonyl (C=O) groups excluding carboxylic acids is 2. The maximum Gasteiger partial charge on any atom is 0.408 e. The van der Waals surface area contributed by atoms with E-state index in [0.29, 0.717) is 30.3 Å². The van der Waals surface area contributed by atoms with Crippen LogP contribution in [0.4, 0.5) is 4.79 Å². The summed E-state index contributed by atoms with van der Waals surface area (Å²) in [7, 11) is 0. The highest BCUT2D eigenvalue weighted by Crippen LogP contribution is 2.31. The molecule has 3 aromatic carbocycles. The number of carbonyl (C=O) groups is 5. The van der Waals surface area contributed by atoms with E-state index in [2.05, 4.69) is 10.2 Å². The molecule has 0 radical (unpaired) electrons. The van der Waals surface area contributed by atoms with Gasteiger partial charge in [-0.15, -0.1) is 11.8 Å². The quantitative estimate of drug-likeness (QED) is 0.142. The van der Waals surface area contributed by atoms with E-state index in [1.165, 1.54) is 11.8 Å². The monoisotopic (exact) mass is 693 g/mol. The molecule has 4 heterocycles. The lowest BCUT2D eigenvalue weighted by Gasteiger charge is -2.43. The summed E-state index contributed by atoms with van der Waals surface area (Å²) in [6.45, 7) is 3.53. The standard InChI is InChI=1S/C33H35N3O6S.2CH2O2/c37-31(38)30-36(16-17-43-30)20-22-6-4-11-27(18-22)41-32(39)26-10-5-9-25(19-26)29(24-7-2-1-3-8-24)34-33(40)42-28-21-35-14-12-23(28)13-15-35;2*2-1-3/h1-11,18-19,23,28-30H,12-17,20-21H2,(H,34,40)(H,37,38);2*1H,(H,2,3)/t28-,29-,30-;;/m0../s1. The molecule has 7 rings (SSSR count). The van der Waals surface area contributed by atoms with E-state index in [9.17, 15) is 19.5 Å². The third-order valence-corrected chi connectivity index (χ3v) is 9.63. The molecular formula is C35H39N3O10S. The Bertz CT molecular complexity index is 1560. The zero-order chi connectivity index (χ0) is 35.2. The fourth-order valence-electron chi connectivity index (χ4n) is 6.19. The van der Waals surface area contributed by atoms with Crippen molar-refractivity contribution in [2.75, 3.05) is 31.9 Å². The number of ether oxygens (including phenoxy) is 2. The van der Waals surface area contributed by atoms with Gasteiger partial charge in [0.25, 0.3) is 12.9 Å². The first kappa shape index (κ1) is 36.9. The molecule has 4 saturated heterocycles. The number of carboxylic acids is 1. The predicted octanol–water partition coefficient (Wildman–Crippen LogP) is 4.18. The molecule has 1 amide bonds. The van der Waals surface area contributed by atoms with Crippen LogP contribution in [0.1, 0.15) is 45.9 Å². The molecule has 0 spiro atoms. The van der Waals surface area contributed by atoms with Crippen molar-refractivity contribution >= 4 is 42.7 Å². The van der Waals surface area contributed by atoms with E-state index in [0.717, 1.165) is 54.9 Å². The number of benzene rings is 3. The Morgan fingerprint density at radius 2 is 1.57 bits per heavy atom. The topological polar surface area (TPSA) is 183 Å².